The first-order valence-corrected chi connectivity index (χ1v) is 7.47. The lowest BCUT2D eigenvalue weighted by atomic mass is 10.0. The van der Waals surface area contributed by atoms with Crippen LogP contribution < -0.4 is 10.1 Å². The molecule has 0 aliphatic heterocycles. The molecule has 0 bridgehead atoms. The maximum atomic E-state index is 5.61. The number of rotatable bonds is 5. The Labute approximate surface area is 129 Å². The third kappa shape index (κ3) is 3.61. The number of hydrogen-bond donors (Lipinski definition) is 1. The summed E-state index contributed by atoms with van der Waals surface area (Å²) in [6.07, 6.45) is 0.791. The minimum Gasteiger partial charge on any atom is -0.496 e. The van der Waals surface area contributed by atoms with Gasteiger partial charge in [-0.05, 0) is 65.3 Å². The first-order valence-electron chi connectivity index (χ1n) is 5.89. The number of hydrogen-bond acceptors (Lipinski definition) is 3. The van der Waals surface area contributed by atoms with Crippen LogP contribution in [-0.4, -0.2) is 14.2 Å². The highest BCUT2D eigenvalue weighted by atomic mass is 79.9. The number of ether oxygens (including phenoxy) is 1. The van der Waals surface area contributed by atoms with Crippen molar-refractivity contribution >= 4 is 31.9 Å². The van der Waals surface area contributed by atoms with Crippen LogP contribution in [0.5, 0.6) is 5.75 Å². The first-order chi connectivity index (χ1) is 9.13. The lowest BCUT2D eigenvalue weighted by Crippen LogP contribution is -2.18. The Morgan fingerprint density at radius 1 is 1.26 bits per heavy atom. The third-order valence-electron chi connectivity index (χ3n) is 2.95. The monoisotopic (exact) mass is 387 g/mol. The fourth-order valence-corrected chi connectivity index (χ4v) is 2.71. The molecule has 5 heteroatoms. The molecule has 19 heavy (non-hydrogen) atoms. The van der Waals surface area contributed by atoms with Gasteiger partial charge < -0.3 is 14.5 Å². The van der Waals surface area contributed by atoms with Crippen molar-refractivity contribution in [1.82, 2.24) is 5.32 Å². The molecule has 1 aromatic carbocycles. The SMILES string of the molecule is CNC(Cc1cc(Br)ccc1OC)c1ccc(Br)o1. The lowest BCUT2D eigenvalue weighted by Gasteiger charge is -2.16. The number of nitrogens with one attached hydrogen (secondary N) is 1. The maximum Gasteiger partial charge on any atom is 0.169 e. The van der Waals surface area contributed by atoms with E-state index >= 15 is 0 Å². The molecule has 0 saturated carbocycles. The molecular formula is C14H15Br2NO2. The van der Waals surface area contributed by atoms with Crippen molar-refractivity contribution < 1.29 is 9.15 Å². The molecule has 0 saturated heterocycles. The molecule has 1 N–H and O–H groups in total. The number of halogens is 2. The highest BCUT2D eigenvalue weighted by Gasteiger charge is 2.16. The molecule has 0 amide bonds. The molecule has 0 spiro atoms. The summed E-state index contributed by atoms with van der Waals surface area (Å²) in [6.45, 7) is 0. The van der Waals surface area contributed by atoms with Gasteiger partial charge in [-0.3, -0.25) is 0 Å². The van der Waals surface area contributed by atoms with Gasteiger partial charge in [0.2, 0.25) is 0 Å². The molecule has 1 atom stereocenters. The summed E-state index contributed by atoms with van der Waals surface area (Å²) in [4.78, 5) is 0. The summed E-state index contributed by atoms with van der Waals surface area (Å²) >= 11 is 6.82. The maximum absolute atomic E-state index is 5.61. The molecule has 1 unspecified atom stereocenters. The second-order valence-electron chi connectivity index (χ2n) is 4.14. The summed E-state index contributed by atoms with van der Waals surface area (Å²) < 4.78 is 12.8. The van der Waals surface area contributed by atoms with Gasteiger partial charge >= 0.3 is 0 Å². The van der Waals surface area contributed by atoms with E-state index in [0.717, 1.165) is 32.6 Å². The molecule has 102 valence electrons. The molecule has 2 rings (SSSR count). The smallest absolute Gasteiger partial charge is 0.169 e. The van der Waals surface area contributed by atoms with Gasteiger partial charge in [-0.25, -0.2) is 0 Å². The van der Waals surface area contributed by atoms with E-state index in [1.54, 1.807) is 7.11 Å². The highest BCUT2D eigenvalue weighted by Crippen LogP contribution is 2.29. The van der Waals surface area contributed by atoms with Crippen molar-refractivity contribution in [1.29, 1.82) is 0 Å². The topological polar surface area (TPSA) is 34.4 Å². The fourth-order valence-electron chi connectivity index (χ4n) is 1.99. The highest BCUT2D eigenvalue weighted by molar-refractivity contribution is 9.10. The van der Waals surface area contributed by atoms with Crippen LogP contribution in [0, 0.1) is 0 Å². The Balaban J connectivity index is 2.25. The normalized spacial score (nSPS) is 12.4. The minimum atomic E-state index is 0.106. The van der Waals surface area contributed by atoms with E-state index in [9.17, 15) is 0 Å². The largest absolute Gasteiger partial charge is 0.496 e. The average molecular weight is 389 g/mol. The summed E-state index contributed by atoms with van der Waals surface area (Å²) in [5, 5.41) is 3.27. The summed E-state index contributed by atoms with van der Waals surface area (Å²) in [6, 6.07) is 9.98. The lowest BCUT2D eigenvalue weighted by molar-refractivity contribution is 0.393. The van der Waals surface area contributed by atoms with Crippen LogP contribution in [0.3, 0.4) is 0 Å². The molecule has 1 aromatic heterocycles. The molecule has 0 radical (unpaired) electrons. The Bertz CT molecular complexity index is 554. The van der Waals surface area contributed by atoms with Gasteiger partial charge in [0.25, 0.3) is 0 Å². The van der Waals surface area contributed by atoms with Gasteiger partial charge in [0.15, 0.2) is 4.67 Å². The van der Waals surface area contributed by atoms with E-state index in [4.69, 9.17) is 9.15 Å². The number of likely N-dealkylation sites (N-methyl/N-ethyl adjacent to an activating group) is 1. The molecule has 0 aliphatic carbocycles. The third-order valence-corrected chi connectivity index (χ3v) is 3.87. The van der Waals surface area contributed by atoms with Crippen LogP contribution in [0.15, 0.2) is 43.9 Å². The Morgan fingerprint density at radius 3 is 2.63 bits per heavy atom. The second kappa shape index (κ2) is 6.59. The summed E-state index contributed by atoms with van der Waals surface area (Å²) in [7, 11) is 3.61. The Morgan fingerprint density at radius 2 is 2.05 bits per heavy atom. The molecule has 3 nitrogen and oxygen atoms in total. The van der Waals surface area contributed by atoms with Crippen LogP contribution in [0.4, 0.5) is 0 Å². The quantitative estimate of drug-likeness (QED) is 0.828. The van der Waals surface area contributed by atoms with Gasteiger partial charge in [-0.15, -0.1) is 0 Å². The minimum absolute atomic E-state index is 0.106. The fraction of sp³-hybridized carbons (Fsp3) is 0.286. The van der Waals surface area contributed by atoms with E-state index in [1.165, 1.54) is 0 Å². The number of benzene rings is 1. The Hall–Kier alpha value is -0.780. The summed E-state index contributed by atoms with van der Waals surface area (Å²) in [5.74, 6) is 1.78. The molecule has 0 aliphatic rings. The van der Waals surface area contributed by atoms with E-state index in [-0.39, 0.29) is 6.04 Å². The predicted molar refractivity (Wildman–Crippen MR) is 82.6 cm³/mol. The standard InChI is InChI=1S/C14H15Br2NO2/c1-17-11(13-5-6-14(16)19-13)8-9-7-10(15)3-4-12(9)18-2/h3-7,11,17H,8H2,1-2H3. The van der Waals surface area contributed by atoms with E-state index < -0.39 is 0 Å². The second-order valence-corrected chi connectivity index (χ2v) is 5.84. The zero-order valence-electron chi connectivity index (χ0n) is 10.7. The van der Waals surface area contributed by atoms with E-state index in [0.29, 0.717) is 0 Å². The van der Waals surface area contributed by atoms with Crippen molar-refractivity contribution in [2.75, 3.05) is 14.2 Å². The first kappa shape index (κ1) is 14.6. The van der Waals surface area contributed by atoms with Crippen LogP contribution >= 0.6 is 31.9 Å². The van der Waals surface area contributed by atoms with Gasteiger partial charge in [-0.1, -0.05) is 15.9 Å². The van der Waals surface area contributed by atoms with Crippen molar-refractivity contribution in [3.05, 3.63) is 50.8 Å². The van der Waals surface area contributed by atoms with Crippen LogP contribution in [-0.2, 0) is 6.42 Å². The van der Waals surface area contributed by atoms with Crippen molar-refractivity contribution in [3.8, 4) is 5.75 Å². The van der Waals surface area contributed by atoms with Gasteiger partial charge in [0.05, 0.1) is 13.2 Å². The van der Waals surface area contributed by atoms with Gasteiger partial charge in [0.1, 0.15) is 11.5 Å². The summed E-state index contributed by atoms with van der Waals surface area (Å²) in [5.41, 5.74) is 1.13. The number of methoxy groups -OCH3 is 1. The zero-order chi connectivity index (χ0) is 13.8. The molecule has 1 heterocycles. The van der Waals surface area contributed by atoms with E-state index in [1.807, 2.05) is 31.3 Å². The number of furan rings is 1. The van der Waals surface area contributed by atoms with Gasteiger partial charge in [0, 0.05) is 4.47 Å². The molecule has 0 fully saturated rings. The van der Waals surface area contributed by atoms with E-state index in [2.05, 4.69) is 43.2 Å². The van der Waals surface area contributed by atoms with Crippen LogP contribution in [0.25, 0.3) is 0 Å². The van der Waals surface area contributed by atoms with Crippen molar-refractivity contribution in [3.63, 3.8) is 0 Å². The molecular weight excluding hydrogens is 374 g/mol. The average Bonchev–Trinajstić information content (AvgIpc) is 2.82. The molecule has 2 aromatic rings. The van der Waals surface area contributed by atoms with Crippen molar-refractivity contribution in [2.45, 2.75) is 12.5 Å². The Kier molecular flexibility index (Phi) is 5.07. The van der Waals surface area contributed by atoms with Crippen LogP contribution in [0.1, 0.15) is 17.4 Å². The van der Waals surface area contributed by atoms with Gasteiger partial charge in [-0.2, -0.15) is 0 Å². The van der Waals surface area contributed by atoms with Crippen LogP contribution in [0.2, 0.25) is 0 Å². The predicted octanol–water partition coefficient (Wildman–Crippen LogP) is 4.32. The van der Waals surface area contributed by atoms with Crippen molar-refractivity contribution in [2.24, 2.45) is 0 Å². The zero-order valence-corrected chi connectivity index (χ0v) is 13.9.